The van der Waals surface area contributed by atoms with Gasteiger partial charge in [0, 0.05) is 36.2 Å². The van der Waals surface area contributed by atoms with E-state index in [2.05, 4.69) is 11.6 Å². The van der Waals surface area contributed by atoms with Gasteiger partial charge in [-0.25, -0.2) is 8.78 Å². The summed E-state index contributed by atoms with van der Waals surface area (Å²) in [5, 5.41) is 10.5. The van der Waals surface area contributed by atoms with Crippen molar-refractivity contribution in [1.82, 2.24) is 9.88 Å². The Morgan fingerprint density at radius 2 is 1.89 bits per heavy atom. The number of aromatic nitrogens is 1. The molecule has 10 heteroatoms. The number of pyridine rings is 1. The minimum Gasteiger partial charge on any atom is -0.507 e. The molecule has 1 saturated heterocycles. The van der Waals surface area contributed by atoms with Crippen LogP contribution in [0.5, 0.6) is 5.75 Å². The van der Waals surface area contributed by atoms with Gasteiger partial charge in [-0.3, -0.25) is 14.6 Å². The minimum absolute atomic E-state index is 0.0783. The molecular formula is C28H29ClF2N4O3. The topological polar surface area (TPSA) is 77.0 Å². The second-order valence-electron chi connectivity index (χ2n) is 9.22. The number of hydrogen-bond donors (Lipinski definition) is 1. The minimum atomic E-state index is -0.888. The fourth-order valence-electron chi connectivity index (χ4n) is 5.08. The quantitative estimate of drug-likeness (QED) is 0.431. The zero-order valence-electron chi connectivity index (χ0n) is 21.8. The van der Waals surface area contributed by atoms with Crippen LogP contribution in [0, 0.1) is 11.6 Å². The van der Waals surface area contributed by atoms with Crippen molar-refractivity contribution in [2.24, 2.45) is 0 Å². The number of rotatable bonds is 2. The van der Waals surface area contributed by atoms with E-state index >= 15 is 4.39 Å². The van der Waals surface area contributed by atoms with Crippen molar-refractivity contribution in [3.63, 3.8) is 0 Å². The van der Waals surface area contributed by atoms with Crippen LogP contribution in [0.3, 0.4) is 0 Å². The summed E-state index contributed by atoms with van der Waals surface area (Å²) < 4.78 is 30.5. The van der Waals surface area contributed by atoms with E-state index in [9.17, 15) is 19.1 Å². The van der Waals surface area contributed by atoms with Gasteiger partial charge in [-0.15, -0.1) is 0 Å². The first-order valence-corrected chi connectivity index (χ1v) is 12.7. The third-order valence-corrected chi connectivity index (χ3v) is 7.17. The first kappa shape index (κ1) is 27.3. The van der Waals surface area contributed by atoms with Crippen LogP contribution in [0.2, 0.25) is 5.02 Å². The Morgan fingerprint density at radius 1 is 1.21 bits per heavy atom. The predicted molar refractivity (Wildman–Crippen MR) is 146 cm³/mol. The molecule has 2 amide bonds. The first-order chi connectivity index (χ1) is 18.0. The number of fused-ring (bicyclic) bond motifs is 5. The fourth-order valence-corrected chi connectivity index (χ4v) is 5.37. The Bertz CT molecular complexity index is 1460. The van der Waals surface area contributed by atoms with Crippen LogP contribution < -0.4 is 9.80 Å². The van der Waals surface area contributed by atoms with Crippen molar-refractivity contribution in [2.45, 2.75) is 39.8 Å². The molecule has 2 aliphatic heterocycles. The van der Waals surface area contributed by atoms with Crippen LogP contribution in [-0.2, 0) is 9.59 Å². The molecule has 3 heterocycles. The van der Waals surface area contributed by atoms with E-state index in [1.807, 2.05) is 25.7 Å². The number of benzene rings is 2. The molecule has 2 atom stereocenters. The zero-order valence-corrected chi connectivity index (χ0v) is 22.6. The second kappa shape index (κ2) is 10.2. The van der Waals surface area contributed by atoms with Gasteiger partial charge < -0.3 is 19.8 Å². The van der Waals surface area contributed by atoms with Crippen molar-refractivity contribution in [2.75, 3.05) is 29.9 Å². The highest BCUT2D eigenvalue weighted by Gasteiger charge is 2.45. The van der Waals surface area contributed by atoms with E-state index in [4.69, 9.17) is 11.6 Å². The van der Waals surface area contributed by atoms with E-state index in [1.54, 1.807) is 18.9 Å². The van der Waals surface area contributed by atoms with Gasteiger partial charge in [-0.1, -0.05) is 38.1 Å². The number of anilines is 2. The Hall–Kier alpha value is -3.72. The van der Waals surface area contributed by atoms with Gasteiger partial charge in [0.2, 0.25) is 5.91 Å². The summed E-state index contributed by atoms with van der Waals surface area (Å²) in [7, 11) is 1.60. The number of carbonyl (C=O) groups is 2. The van der Waals surface area contributed by atoms with Gasteiger partial charge in [0.1, 0.15) is 23.1 Å². The molecule has 0 bridgehead atoms. The van der Waals surface area contributed by atoms with E-state index < -0.39 is 23.4 Å². The largest absolute Gasteiger partial charge is 0.507 e. The standard InChI is InChI=1S/C26H23ClF2N4O3.C2H6/c1-12(2)25(35)32-11-18-26(36)31(4)17-9-30-23-14(24(17)33(18)10-13(32)3)8-15(27)20(22(23)29)21-16(28)6-5-7-19(21)34;1-2/h5-9,13,18,34H,1,10-11H2,2-4H3;1-2H3. The molecule has 2 unspecified atom stereocenters. The van der Waals surface area contributed by atoms with Crippen LogP contribution in [0.1, 0.15) is 27.7 Å². The Kier molecular flexibility index (Phi) is 7.34. The molecule has 3 aromatic rings. The average Bonchev–Trinajstić information content (AvgIpc) is 2.88. The molecule has 38 heavy (non-hydrogen) atoms. The summed E-state index contributed by atoms with van der Waals surface area (Å²) >= 11 is 6.49. The number of aromatic hydroxyl groups is 1. The number of carbonyl (C=O) groups excluding carboxylic acids is 2. The number of likely N-dealkylation sites (N-methyl/N-ethyl adjacent to an activating group) is 1. The first-order valence-electron chi connectivity index (χ1n) is 12.3. The average molecular weight is 543 g/mol. The molecule has 0 saturated carbocycles. The summed E-state index contributed by atoms with van der Waals surface area (Å²) in [5.74, 6) is -2.63. The van der Waals surface area contributed by atoms with E-state index in [0.29, 0.717) is 28.9 Å². The van der Waals surface area contributed by atoms with E-state index in [0.717, 1.165) is 6.07 Å². The van der Waals surface area contributed by atoms with Gasteiger partial charge in [-0.2, -0.15) is 0 Å². The normalized spacial score (nSPS) is 18.5. The van der Waals surface area contributed by atoms with Crippen LogP contribution in [0.4, 0.5) is 20.2 Å². The summed E-state index contributed by atoms with van der Waals surface area (Å²) in [6.07, 6.45) is 1.39. The van der Waals surface area contributed by atoms with E-state index in [-0.39, 0.29) is 46.1 Å². The Labute approximate surface area is 224 Å². The highest BCUT2D eigenvalue weighted by Crippen LogP contribution is 2.47. The lowest BCUT2D eigenvalue weighted by Crippen LogP contribution is -2.65. The maximum absolute atomic E-state index is 15.9. The van der Waals surface area contributed by atoms with Crippen LogP contribution in [-0.4, -0.2) is 59.0 Å². The number of halogens is 3. The number of nitrogens with zero attached hydrogens (tertiary/aromatic N) is 4. The molecule has 1 N–H and O–H groups in total. The highest BCUT2D eigenvalue weighted by atomic mass is 35.5. The Balaban J connectivity index is 0.00000164. The molecule has 2 aromatic carbocycles. The zero-order chi connectivity index (χ0) is 28.0. The monoisotopic (exact) mass is 542 g/mol. The molecule has 1 aromatic heterocycles. The number of phenolic OH excluding ortho intramolecular Hbond substituents is 1. The third kappa shape index (κ3) is 4.15. The van der Waals surface area contributed by atoms with Gasteiger partial charge in [0.25, 0.3) is 5.91 Å². The van der Waals surface area contributed by atoms with Gasteiger partial charge >= 0.3 is 0 Å². The SMILES string of the molecule is C=C(C)C(=O)N1CC2C(=O)N(C)c3cnc4c(F)c(-c5c(O)cccc5F)c(Cl)cc4c3N2CC1C.CC. The molecule has 5 rings (SSSR count). The van der Waals surface area contributed by atoms with E-state index in [1.165, 1.54) is 29.3 Å². The number of hydrogen-bond acceptors (Lipinski definition) is 5. The molecule has 0 spiro atoms. The maximum Gasteiger partial charge on any atom is 0.251 e. The van der Waals surface area contributed by atoms with Crippen LogP contribution in [0.15, 0.2) is 42.6 Å². The molecule has 2 aliphatic rings. The lowest BCUT2D eigenvalue weighted by atomic mass is 9.96. The molecule has 7 nitrogen and oxygen atoms in total. The van der Waals surface area contributed by atoms with Gasteiger partial charge in [0.15, 0.2) is 5.82 Å². The Morgan fingerprint density at radius 3 is 2.53 bits per heavy atom. The number of amides is 2. The number of phenols is 1. The van der Waals surface area contributed by atoms with Gasteiger partial charge in [0.05, 0.1) is 34.7 Å². The summed E-state index contributed by atoms with van der Waals surface area (Å²) in [6, 6.07) is 4.17. The molecular weight excluding hydrogens is 514 g/mol. The summed E-state index contributed by atoms with van der Waals surface area (Å²) in [4.78, 5) is 35.1. The summed E-state index contributed by atoms with van der Waals surface area (Å²) in [6.45, 7) is 11.7. The predicted octanol–water partition coefficient (Wildman–Crippen LogP) is 5.52. The number of piperazine rings is 1. The lowest BCUT2D eigenvalue weighted by Gasteiger charge is -2.50. The lowest BCUT2D eigenvalue weighted by molar-refractivity contribution is -0.131. The molecule has 200 valence electrons. The van der Waals surface area contributed by atoms with Crippen LogP contribution in [0.25, 0.3) is 22.0 Å². The molecule has 1 fully saturated rings. The molecule has 0 aliphatic carbocycles. The summed E-state index contributed by atoms with van der Waals surface area (Å²) in [5.41, 5.74) is 0.658. The molecule has 0 radical (unpaired) electrons. The van der Waals surface area contributed by atoms with Crippen LogP contribution >= 0.6 is 11.6 Å². The highest BCUT2D eigenvalue weighted by molar-refractivity contribution is 6.34. The maximum atomic E-state index is 15.9. The smallest absolute Gasteiger partial charge is 0.251 e. The van der Waals surface area contributed by atoms with Crippen molar-refractivity contribution < 1.29 is 23.5 Å². The third-order valence-electron chi connectivity index (χ3n) is 6.88. The van der Waals surface area contributed by atoms with Crippen molar-refractivity contribution >= 4 is 45.7 Å². The van der Waals surface area contributed by atoms with Crippen molar-refractivity contribution in [3.05, 3.63) is 59.3 Å². The van der Waals surface area contributed by atoms with Gasteiger partial charge in [-0.05, 0) is 32.0 Å². The van der Waals surface area contributed by atoms with Crippen molar-refractivity contribution in [3.8, 4) is 16.9 Å². The fraction of sp³-hybridized carbons (Fsp3) is 0.321. The van der Waals surface area contributed by atoms with Crippen molar-refractivity contribution in [1.29, 1.82) is 0 Å². The second-order valence-corrected chi connectivity index (χ2v) is 9.63.